The highest BCUT2D eigenvalue weighted by molar-refractivity contribution is 14.0. The maximum Gasteiger partial charge on any atom is 0.193 e. The summed E-state index contributed by atoms with van der Waals surface area (Å²) in [7, 11) is 1.77. The smallest absolute Gasteiger partial charge is 0.193 e. The second kappa shape index (κ2) is 9.39. The SMILES string of the molecule is CN=C(NCC(C)c1ccc(F)cc1F)N1CCC(C)CC1.I. The monoisotopic (exact) mass is 437 g/mol. The van der Waals surface area contributed by atoms with Gasteiger partial charge in [0.1, 0.15) is 11.6 Å². The van der Waals surface area contributed by atoms with E-state index in [0.29, 0.717) is 12.1 Å². The molecule has 0 radical (unpaired) electrons. The van der Waals surface area contributed by atoms with E-state index >= 15 is 0 Å². The fourth-order valence-corrected chi connectivity index (χ4v) is 2.81. The van der Waals surface area contributed by atoms with E-state index in [1.54, 1.807) is 7.05 Å². The quantitative estimate of drug-likeness (QED) is 0.440. The van der Waals surface area contributed by atoms with Crippen molar-refractivity contribution in [1.82, 2.24) is 10.2 Å². The molecule has 0 aliphatic carbocycles. The number of benzene rings is 1. The van der Waals surface area contributed by atoms with Crippen molar-refractivity contribution in [1.29, 1.82) is 0 Å². The summed E-state index contributed by atoms with van der Waals surface area (Å²) < 4.78 is 26.8. The molecular formula is C17H26F2IN3. The van der Waals surface area contributed by atoms with Gasteiger partial charge in [-0.15, -0.1) is 24.0 Å². The number of piperidine rings is 1. The van der Waals surface area contributed by atoms with Crippen LogP contribution >= 0.6 is 24.0 Å². The Bertz CT molecular complexity index is 529. The first-order valence-electron chi connectivity index (χ1n) is 7.91. The molecule has 0 bridgehead atoms. The van der Waals surface area contributed by atoms with Gasteiger partial charge in [0.05, 0.1) is 0 Å². The summed E-state index contributed by atoms with van der Waals surface area (Å²) in [4.78, 5) is 6.56. The molecule has 1 saturated heterocycles. The maximum atomic E-state index is 13.8. The van der Waals surface area contributed by atoms with E-state index in [9.17, 15) is 8.78 Å². The van der Waals surface area contributed by atoms with Gasteiger partial charge in [-0.05, 0) is 30.4 Å². The van der Waals surface area contributed by atoms with E-state index in [1.165, 1.54) is 25.0 Å². The molecule has 0 amide bonds. The fraction of sp³-hybridized carbons (Fsp3) is 0.588. The van der Waals surface area contributed by atoms with Crippen molar-refractivity contribution < 1.29 is 8.78 Å². The normalized spacial score (nSPS) is 17.6. The number of likely N-dealkylation sites (tertiary alicyclic amines) is 1. The maximum absolute atomic E-state index is 13.8. The van der Waals surface area contributed by atoms with E-state index in [-0.39, 0.29) is 29.9 Å². The van der Waals surface area contributed by atoms with Gasteiger partial charge in [0.25, 0.3) is 0 Å². The first-order chi connectivity index (χ1) is 10.5. The molecule has 0 aromatic heterocycles. The lowest BCUT2D eigenvalue weighted by molar-refractivity contribution is 0.273. The molecule has 0 spiro atoms. The van der Waals surface area contributed by atoms with Gasteiger partial charge < -0.3 is 10.2 Å². The van der Waals surface area contributed by atoms with Gasteiger partial charge in [-0.2, -0.15) is 0 Å². The Morgan fingerprint density at radius 1 is 1.35 bits per heavy atom. The molecule has 1 fully saturated rings. The summed E-state index contributed by atoms with van der Waals surface area (Å²) in [5.41, 5.74) is 0.525. The molecule has 1 N–H and O–H groups in total. The van der Waals surface area contributed by atoms with Gasteiger partial charge in [-0.25, -0.2) is 8.78 Å². The average molecular weight is 437 g/mol. The lowest BCUT2D eigenvalue weighted by Crippen LogP contribution is -2.46. The summed E-state index contributed by atoms with van der Waals surface area (Å²) in [6.07, 6.45) is 2.34. The highest BCUT2D eigenvalue weighted by Gasteiger charge is 2.19. The number of nitrogens with zero attached hydrogens (tertiary/aromatic N) is 2. The number of nitrogens with one attached hydrogen (secondary N) is 1. The molecule has 1 heterocycles. The third kappa shape index (κ3) is 5.58. The minimum atomic E-state index is -0.542. The highest BCUT2D eigenvalue weighted by atomic mass is 127. The number of guanidine groups is 1. The second-order valence-corrected chi connectivity index (χ2v) is 6.16. The minimum absolute atomic E-state index is 0. The Kier molecular flexibility index (Phi) is 8.22. The summed E-state index contributed by atoms with van der Waals surface area (Å²) in [6, 6.07) is 3.75. The van der Waals surface area contributed by atoms with Crippen LogP contribution in [0.5, 0.6) is 0 Å². The fourth-order valence-electron chi connectivity index (χ4n) is 2.81. The van der Waals surface area contributed by atoms with Crippen LogP contribution in [0, 0.1) is 17.6 Å². The zero-order valence-electron chi connectivity index (χ0n) is 14.0. The van der Waals surface area contributed by atoms with Gasteiger partial charge in [-0.3, -0.25) is 4.99 Å². The second-order valence-electron chi connectivity index (χ2n) is 6.16. The van der Waals surface area contributed by atoms with Crippen LogP contribution in [-0.2, 0) is 0 Å². The third-order valence-corrected chi connectivity index (χ3v) is 4.35. The molecule has 23 heavy (non-hydrogen) atoms. The van der Waals surface area contributed by atoms with Gasteiger partial charge in [0.15, 0.2) is 5.96 Å². The van der Waals surface area contributed by atoms with Crippen LogP contribution in [0.4, 0.5) is 8.78 Å². The first kappa shape index (κ1) is 20.1. The molecule has 1 unspecified atom stereocenters. The Morgan fingerprint density at radius 2 is 2.00 bits per heavy atom. The molecular weight excluding hydrogens is 411 g/mol. The van der Waals surface area contributed by atoms with E-state index in [0.717, 1.165) is 31.0 Å². The molecule has 1 aliphatic rings. The third-order valence-electron chi connectivity index (χ3n) is 4.35. The summed E-state index contributed by atoms with van der Waals surface area (Å²) >= 11 is 0. The van der Waals surface area contributed by atoms with Crippen molar-refractivity contribution in [3.63, 3.8) is 0 Å². The lowest BCUT2D eigenvalue weighted by atomic mass is 9.99. The number of hydrogen-bond donors (Lipinski definition) is 1. The average Bonchev–Trinajstić information content (AvgIpc) is 2.49. The Labute approximate surface area is 154 Å². The molecule has 2 rings (SSSR count). The highest BCUT2D eigenvalue weighted by Crippen LogP contribution is 2.20. The number of halogens is 3. The largest absolute Gasteiger partial charge is 0.356 e. The van der Waals surface area contributed by atoms with Crippen molar-refractivity contribution in [3.8, 4) is 0 Å². The molecule has 0 saturated carbocycles. The van der Waals surface area contributed by atoms with E-state index < -0.39 is 11.6 Å². The standard InChI is InChI=1S/C17H25F2N3.HI/c1-12-6-8-22(9-7-12)17(20-3)21-11-13(2)15-5-4-14(18)10-16(15)19;/h4-5,10,12-13H,6-9,11H2,1-3H3,(H,20,21);1H. The van der Waals surface area contributed by atoms with Crippen molar-refractivity contribution in [2.24, 2.45) is 10.9 Å². The van der Waals surface area contributed by atoms with Gasteiger partial charge in [-0.1, -0.05) is 19.9 Å². The molecule has 3 nitrogen and oxygen atoms in total. The minimum Gasteiger partial charge on any atom is -0.356 e. The van der Waals surface area contributed by atoms with Crippen molar-refractivity contribution in [2.45, 2.75) is 32.6 Å². The Hall–Kier alpha value is -0.920. The van der Waals surface area contributed by atoms with Crippen LogP contribution in [0.3, 0.4) is 0 Å². The molecule has 1 aromatic rings. The van der Waals surface area contributed by atoms with Crippen molar-refractivity contribution in [3.05, 3.63) is 35.4 Å². The number of rotatable bonds is 3. The molecule has 1 aromatic carbocycles. The summed E-state index contributed by atoms with van der Waals surface area (Å²) in [5, 5.41) is 3.31. The number of aliphatic imine (C=N–C) groups is 1. The Balaban J connectivity index is 0.00000264. The predicted molar refractivity (Wildman–Crippen MR) is 102 cm³/mol. The zero-order chi connectivity index (χ0) is 16.1. The predicted octanol–water partition coefficient (Wildman–Crippen LogP) is 3.99. The zero-order valence-corrected chi connectivity index (χ0v) is 16.3. The first-order valence-corrected chi connectivity index (χ1v) is 7.91. The molecule has 1 atom stereocenters. The van der Waals surface area contributed by atoms with Crippen molar-refractivity contribution >= 4 is 29.9 Å². The number of hydrogen-bond acceptors (Lipinski definition) is 1. The van der Waals surface area contributed by atoms with E-state index in [1.807, 2.05) is 6.92 Å². The lowest BCUT2D eigenvalue weighted by Gasteiger charge is -2.33. The molecule has 1 aliphatic heterocycles. The topological polar surface area (TPSA) is 27.6 Å². The van der Waals surface area contributed by atoms with Crippen LogP contribution in [0.25, 0.3) is 0 Å². The van der Waals surface area contributed by atoms with Crippen LogP contribution in [0.2, 0.25) is 0 Å². The summed E-state index contributed by atoms with van der Waals surface area (Å²) in [5.74, 6) is 0.541. The van der Waals surface area contributed by atoms with Crippen LogP contribution in [0.15, 0.2) is 23.2 Å². The van der Waals surface area contributed by atoms with Crippen molar-refractivity contribution in [2.75, 3.05) is 26.7 Å². The van der Waals surface area contributed by atoms with E-state index in [4.69, 9.17) is 0 Å². The van der Waals surface area contributed by atoms with Gasteiger partial charge in [0.2, 0.25) is 0 Å². The summed E-state index contributed by atoms with van der Waals surface area (Å²) in [6.45, 7) is 6.77. The van der Waals surface area contributed by atoms with Crippen LogP contribution < -0.4 is 5.32 Å². The van der Waals surface area contributed by atoms with E-state index in [2.05, 4.69) is 22.1 Å². The van der Waals surface area contributed by atoms with Gasteiger partial charge >= 0.3 is 0 Å². The van der Waals surface area contributed by atoms with Crippen LogP contribution in [-0.4, -0.2) is 37.5 Å². The Morgan fingerprint density at radius 3 is 2.57 bits per heavy atom. The van der Waals surface area contributed by atoms with Crippen LogP contribution in [0.1, 0.15) is 38.2 Å². The van der Waals surface area contributed by atoms with Gasteiger partial charge in [0, 0.05) is 38.7 Å². The molecule has 130 valence electrons. The molecule has 6 heteroatoms.